The van der Waals surface area contributed by atoms with Gasteiger partial charge in [0.25, 0.3) is 0 Å². The standard InChI is InChI=1S/C18H26N2/c1-2-7-14(6-1)17-10-5-11-20(17)18-13-19-12-15-8-3-4-9-16(15)18/h3-4,8-9,14,17-19H,1-2,5-7,10-13H2. The van der Waals surface area contributed by atoms with Crippen molar-refractivity contribution in [2.24, 2.45) is 5.92 Å². The van der Waals surface area contributed by atoms with E-state index in [0.717, 1.165) is 25.0 Å². The molecule has 2 fully saturated rings. The summed E-state index contributed by atoms with van der Waals surface area (Å²) in [5.74, 6) is 0.978. The molecule has 2 heterocycles. The van der Waals surface area contributed by atoms with Gasteiger partial charge in [0, 0.05) is 25.2 Å². The lowest BCUT2D eigenvalue weighted by Crippen LogP contribution is -2.44. The quantitative estimate of drug-likeness (QED) is 0.885. The summed E-state index contributed by atoms with van der Waals surface area (Å²) in [7, 11) is 0. The van der Waals surface area contributed by atoms with Crippen molar-refractivity contribution in [3.05, 3.63) is 35.4 Å². The van der Waals surface area contributed by atoms with E-state index in [-0.39, 0.29) is 0 Å². The number of nitrogens with one attached hydrogen (secondary N) is 1. The molecule has 1 saturated heterocycles. The number of benzene rings is 1. The molecule has 2 nitrogen and oxygen atoms in total. The predicted octanol–water partition coefficient (Wildman–Crippen LogP) is 3.49. The van der Waals surface area contributed by atoms with Crippen LogP contribution in [0.25, 0.3) is 0 Å². The Morgan fingerprint density at radius 2 is 1.85 bits per heavy atom. The fourth-order valence-electron chi connectivity index (χ4n) is 4.82. The zero-order chi connectivity index (χ0) is 13.4. The van der Waals surface area contributed by atoms with Crippen molar-refractivity contribution in [3.8, 4) is 0 Å². The van der Waals surface area contributed by atoms with Crippen LogP contribution in [0.15, 0.2) is 24.3 Å². The number of hydrogen-bond acceptors (Lipinski definition) is 2. The Morgan fingerprint density at radius 3 is 2.75 bits per heavy atom. The molecule has 1 aromatic rings. The third-order valence-electron chi connectivity index (χ3n) is 5.75. The van der Waals surface area contributed by atoms with E-state index in [9.17, 15) is 0 Å². The van der Waals surface area contributed by atoms with Crippen LogP contribution in [0, 0.1) is 5.92 Å². The first-order valence-corrected chi connectivity index (χ1v) is 8.48. The number of nitrogens with zero attached hydrogens (tertiary/aromatic N) is 1. The Morgan fingerprint density at radius 1 is 1.00 bits per heavy atom. The highest BCUT2D eigenvalue weighted by molar-refractivity contribution is 5.32. The summed E-state index contributed by atoms with van der Waals surface area (Å²) in [6.07, 6.45) is 8.72. The Labute approximate surface area is 122 Å². The molecule has 0 aromatic heterocycles. The normalized spacial score (nSPS) is 31.6. The van der Waals surface area contributed by atoms with Crippen LogP contribution in [-0.2, 0) is 6.54 Å². The van der Waals surface area contributed by atoms with Gasteiger partial charge in [-0.15, -0.1) is 0 Å². The van der Waals surface area contributed by atoms with Crippen molar-refractivity contribution in [2.45, 2.75) is 57.2 Å². The van der Waals surface area contributed by atoms with Crippen molar-refractivity contribution in [2.75, 3.05) is 13.1 Å². The third-order valence-corrected chi connectivity index (χ3v) is 5.75. The maximum Gasteiger partial charge on any atom is 0.0479 e. The maximum atomic E-state index is 3.64. The van der Waals surface area contributed by atoms with Crippen molar-refractivity contribution in [1.82, 2.24) is 10.2 Å². The Bertz CT molecular complexity index is 464. The van der Waals surface area contributed by atoms with E-state index in [1.54, 1.807) is 5.56 Å². The Kier molecular flexibility index (Phi) is 3.53. The van der Waals surface area contributed by atoms with E-state index in [1.165, 1.54) is 50.6 Å². The molecule has 0 radical (unpaired) electrons. The molecule has 2 atom stereocenters. The summed E-state index contributed by atoms with van der Waals surface area (Å²) in [5, 5.41) is 3.64. The molecule has 4 rings (SSSR count). The average molecular weight is 270 g/mol. The molecular weight excluding hydrogens is 244 g/mol. The van der Waals surface area contributed by atoms with Gasteiger partial charge in [0.15, 0.2) is 0 Å². The van der Waals surface area contributed by atoms with Crippen molar-refractivity contribution in [1.29, 1.82) is 0 Å². The van der Waals surface area contributed by atoms with Crippen LogP contribution >= 0.6 is 0 Å². The Hall–Kier alpha value is -0.860. The van der Waals surface area contributed by atoms with Gasteiger partial charge in [-0.3, -0.25) is 4.90 Å². The van der Waals surface area contributed by atoms with Gasteiger partial charge >= 0.3 is 0 Å². The van der Waals surface area contributed by atoms with Gasteiger partial charge in [0.2, 0.25) is 0 Å². The molecular formula is C18H26N2. The van der Waals surface area contributed by atoms with Crippen LogP contribution in [0.5, 0.6) is 0 Å². The lowest BCUT2D eigenvalue weighted by molar-refractivity contribution is 0.127. The van der Waals surface area contributed by atoms with E-state index >= 15 is 0 Å². The summed E-state index contributed by atoms with van der Waals surface area (Å²) in [6.45, 7) is 3.50. The molecule has 2 aliphatic heterocycles. The topological polar surface area (TPSA) is 15.3 Å². The minimum Gasteiger partial charge on any atom is -0.311 e. The second-order valence-electron chi connectivity index (χ2n) is 6.84. The van der Waals surface area contributed by atoms with Crippen LogP contribution < -0.4 is 5.32 Å². The van der Waals surface area contributed by atoms with Gasteiger partial charge in [-0.25, -0.2) is 0 Å². The molecule has 3 aliphatic rings. The number of fused-ring (bicyclic) bond motifs is 1. The summed E-state index contributed by atoms with van der Waals surface area (Å²) < 4.78 is 0. The number of hydrogen-bond donors (Lipinski definition) is 1. The molecule has 0 bridgehead atoms. The minimum atomic E-state index is 0.619. The van der Waals surface area contributed by atoms with E-state index in [2.05, 4.69) is 34.5 Å². The highest BCUT2D eigenvalue weighted by Crippen LogP contribution is 2.40. The number of rotatable bonds is 2. The second kappa shape index (κ2) is 5.50. The van der Waals surface area contributed by atoms with Crippen LogP contribution in [0.3, 0.4) is 0 Å². The van der Waals surface area contributed by atoms with Crippen molar-refractivity contribution in [3.63, 3.8) is 0 Å². The SMILES string of the molecule is c1ccc2c(c1)CNCC2N1CCCC1C1CCCC1. The molecule has 20 heavy (non-hydrogen) atoms. The maximum absolute atomic E-state index is 3.64. The predicted molar refractivity (Wildman–Crippen MR) is 82.6 cm³/mol. The van der Waals surface area contributed by atoms with Crippen LogP contribution in [0.2, 0.25) is 0 Å². The zero-order valence-corrected chi connectivity index (χ0v) is 12.4. The lowest BCUT2D eigenvalue weighted by Gasteiger charge is -2.39. The summed E-state index contributed by atoms with van der Waals surface area (Å²) in [6, 6.07) is 10.5. The second-order valence-corrected chi connectivity index (χ2v) is 6.84. The largest absolute Gasteiger partial charge is 0.311 e. The van der Waals surface area contributed by atoms with Gasteiger partial charge in [0.1, 0.15) is 0 Å². The van der Waals surface area contributed by atoms with E-state index in [1.807, 2.05) is 0 Å². The lowest BCUT2D eigenvalue weighted by atomic mass is 9.91. The van der Waals surface area contributed by atoms with Gasteiger partial charge < -0.3 is 5.32 Å². The van der Waals surface area contributed by atoms with E-state index < -0.39 is 0 Å². The molecule has 1 saturated carbocycles. The fraction of sp³-hybridized carbons (Fsp3) is 0.667. The highest BCUT2D eigenvalue weighted by atomic mass is 15.2. The smallest absolute Gasteiger partial charge is 0.0479 e. The molecule has 0 spiro atoms. The molecule has 2 heteroatoms. The first-order valence-electron chi connectivity index (χ1n) is 8.48. The van der Waals surface area contributed by atoms with Gasteiger partial charge in [-0.2, -0.15) is 0 Å². The first-order chi connectivity index (χ1) is 9.93. The van der Waals surface area contributed by atoms with Gasteiger partial charge in [-0.05, 0) is 49.3 Å². The van der Waals surface area contributed by atoms with Crippen LogP contribution in [0.1, 0.15) is 55.7 Å². The highest BCUT2D eigenvalue weighted by Gasteiger charge is 2.38. The van der Waals surface area contributed by atoms with Crippen LogP contribution in [0.4, 0.5) is 0 Å². The monoisotopic (exact) mass is 270 g/mol. The molecule has 0 amide bonds. The molecule has 1 N–H and O–H groups in total. The van der Waals surface area contributed by atoms with Gasteiger partial charge in [0.05, 0.1) is 0 Å². The van der Waals surface area contributed by atoms with E-state index in [0.29, 0.717) is 6.04 Å². The molecule has 1 aromatic carbocycles. The summed E-state index contributed by atoms with van der Waals surface area (Å²) in [4.78, 5) is 2.85. The van der Waals surface area contributed by atoms with Gasteiger partial charge in [-0.1, -0.05) is 37.1 Å². The Balaban J connectivity index is 1.60. The molecule has 108 valence electrons. The summed E-state index contributed by atoms with van der Waals surface area (Å²) in [5.41, 5.74) is 3.11. The molecule has 1 aliphatic carbocycles. The first kappa shape index (κ1) is 12.8. The average Bonchev–Trinajstić information content (AvgIpc) is 3.17. The van der Waals surface area contributed by atoms with Crippen LogP contribution in [-0.4, -0.2) is 24.0 Å². The third kappa shape index (κ3) is 2.19. The zero-order valence-electron chi connectivity index (χ0n) is 12.4. The van der Waals surface area contributed by atoms with Crippen molar-refractivity contribution < 1.29 is 0 Å². The summed E-state index contributed by atoms with van der Waals surface area (Å²) >= 11 is 0. The minimum absolute atomic E-state index is 0.619. The van der Waals surface area contributed by atoms with E-state index in [4.69, 9.17) is 0 Å². The van der Waals surface area contributed by atoms with Crippen molar-refractivity contribution >= 4 is 0 Å². The fourth-order valence-corrected chi connectivity index (χ4v) is 4.82. The number of likely N-dealkylation sites (tertiary alicyclic amines) is 1. The molecule has 2 unspecified atom stereocenters.